The van der Waals surface area contributed by atoms with Crippen LogP contribution in [0.4, 0.5) is 25.1 Å². The second-order valence-corrected chi connectivity index (χ2v) is 10.6. The van der Waals surface area contributed by atoms with Crippen molar-refractivity contribution in [3.05, 3.63) is 34.9 Å². The molecule has 2 fully saturated rings. The lowest BCUT2D eigenvalue weighted by molar-refractivity contribution is -0.192. The number of carbonyl (C=O) groups excluding carboxylic acids is 1. The molecule has 0 spiro atoms. The molecular weight excluding hydrogens is 555 g/mol. The van der Waals surface area contributed by atoms with Gasteiger partial charge in [-0.2, -0.15) is 13.2 Å². The molecule has 222 valence electrons. The topological polar surface area (TPSA) is 150 Å². The number of carboxylic acid groups (broad SMARTS) is 1. The summed E-state index contributed by atoms with van der Waals surface area (Å²) >= 11 is 6.07. The first-order valence-electron chi connectivity index (χ1n) is 13.0. The molecule has 1 aromatic heterocycles. The highest BCUT2D eigenvalue weighted by Crippen LogP contribution is 2.27. The number of piperidine rings is 1. The number of hydrogen-bond donors (Lipinski definition) is 4. The molecule has 15 heteroatoms. The highest BCUT2D eigenvalue weighted by atomic mass is 35.5. The van der Waals surface area contributed by atoms with Gasteiger partial charge in [0.05, 0.1) is 6.61 Å². The van der Waals surface area contributed by atoms with Gasteiger partial charge in [0.25, 0.3) is 0 Å². The molecule has 0 aliphatic carbocycles. The maximum absolute atomic E-state index is 12.8. The Morgan fingerprint density at radius 1 is 1.23 bits per heavy atom. The number of nitrogens with zero attached hydrogens (tertiary/aromatic N) is 4. The number of morpholine rings is 1. The Bertz CT molecular complexity index is 1110. The van der Waals surface area contributed by atoms with Crippen molar-refractivity contribution in [3.8, 4) is 0 Å². The number of nitrogens with two attached hydrogens (primary N) is 1. The summed E-state index contributed by atoms with van der Waals surface area (Å²) in [5.74, 6) is -1.32. The van der Waals surface area contributed by atoms with Crippen molar-refractivity contribution in [3.63, 3.8) is 0 Å². The van der Waals surface area contributed by atoms with Crippen molar-refractivity contribution < 1.29 is 32.6 Å². The van der Waals surface area contributed by atoms with Crippen molar-refractivity contribution in [2.75, 3.05) is 43.4 Å². The Balaban J connectivity index is 0.000000559. The predicted octanol–water partition coefficient (Wildman–Crippen LogP) is 2.73. The standard InChI is InChI=1S/C23H34ClN7O2.C2HF3O2/c1-15(2)12-26-21(32)20-13-31(19(14-33-20)11-16-3-5-17(24)6-4-16)18-7-9-30(10-8-18)23-27-22(25)28-29-23;3-2(4,5)1(6)7/h3-6,15,18-20H,7-14H2,1-2H3,(H,26,32)(H3,25,27,28,29);(H,6,7)/t19-,20+;/m0./s1. The number of aromatic amines is 1. The minimum absolute atomic E-state index is 0.0202. The van der Waals surface area contributed by atoms with E-state index in [4.69, 9.17) is 32.0 Å². The molecule has 0 saturated carbocycles. The first kappa shape index (κ1) is 31.4. The molecule has 5 N–H and O–H groups in total. The lowest BCUT2D eigenvalue weighted by atomic mass is 9.96. The van der Waals surface area contributed by atoms with Gasteiger partial charge in [0, 0.05) is 43.3 Å². The number of anilines is 2. The van der Waals surface area contributed by atoms with Crippen molar-refractivity contribution in [1.82, 2.24) is 25.4 Å². The van der Waals surface area contributed by atoms with E-state index in [0.29, 0.717) is 37.6 Å². The van der Waals surface area contributed by atoms with Crippen LogP contribution in [0.3, 0.4) is 0 Å². The number of nitrogen functional groups attached to an aromatic ring is 1. The number of alkyl halides is 3. The summed E-state index contributed by atoms with van der Waals surface area (Å²) in [4.78, 5) is 29.3. The number of ether oxygens (including phenoxy) is 1. The summed E-state index contributed by atoms with van der Waals surface area (Å²) in [6, 6.07) is 8.56. The van der Waals surface area contributed by atoms with E-state index in [2.05, 4.69) is 56.3 Å². The fourth-order valence-corrected chi connectivity index (χ4v) is 4.75. The molecule has 4 rings (SSSR count). The number of amides is 1. The zero-order valence-electron chi connectivity index (χ0n) is 22.3. The van der Waals surface area contributed by atoms with Gasteiger partial charge in [-0.05, 0) is 42.9 Å². The Kier molecular flexibility index (Phi) is 11.0. The number of nitrogens with one attached hydrogen (secondary N) is 2. The highest BCUT2D eigenvalue weighted by Gasteiger charge is 2.39. The Morgan fingerprint density at radius 2 is 1.85 bits per heavy atom. The van der Waals surface area contributed by atoms with Crippen LogP contribution in [-0.2, 0) is 20.7 Å². The molecular formula is C25H35ClF3N7O4. The van der Waals surface area contributed by atoms with Gasteiger partial charge < -0.3 is 25.8 Å². The number of H-pyrrole nitrogens is 1. The van der Waals surface area contributed by atoms with E-state index in [9.17, 15) is 18.0 Å². The van der Waals surface area contributed by atoms with Crippen LogP contribution in [0.5, 0.6) is 0 Å². The number of benzene rings is 1. The Hall–Kier alpha value is -3.10. The average Bonchev–Trinajstić information content (AvgIpc) is 3.35. The number of carboxylic acids is 1. The molecule has 3 heterocycles. The van der Waals surface area contributed by atoms with Gasteiger partial charge in [0.1, 0.15) is 6.10 Å². The minimum atomic E-state index is -5.08. The zero-order chi connectivity index (χ0) is 29.4. The molecule has 0 radical (unpaired) electrons. The van der Waals surface area contributed by atoms with Gasteiger partial charge in [0.15, 0.2) is 0 Å². The first-order valence-corrected chi connectivity index (χ1v) is 13.3. The highest BCUT2D eigenvalue weighted by molar-refractivity contribution is 6.30. The third kappa shape index (κ3) is 9.24. The van der Waals surface area contributed by atoms with Crippen LogP contribution in [0.15, 0.2) is 24.3 Å². The van der Waals surface area contributed by atoms with E-state index in [1.165, 1.54) is 5.56 Å². The van der Waals surface area contributed by atoms with Crippen molar-refractivity contribution >= 4 is 35.4 Å². The summed E-state index contributed by atoms with van der Waals surface area (Å²) in [6.07, 6.45) is -2.73. The van der Waals surface area contributed by atoms with Gasteiger partial charge in [-0.3, -0.25) is 14.7 Å². The molecule has 0 unspecified atom stereocenters. The van der Waals surface area contributed by atoms with Gasteiger partial charge >= 0.3 is 12.1 Å². The maximum atomic E-state index is 12.8. The normalized spacial score (nSPS) is 20.6. The van der Waals surface area contributed by atoms with Crippen LogP contribution in [0.25, 0.3) is 0 Å². The van der Waals surface area contributed by atoms with E-state index in [1.54, 1.807) is 0 Å². The summed E-state index contributed by atoms with van der Waals surface area (Å²) in [5.41, 5.74) is 6.91. The maximum Gasteiger partial charge on any atom is 0.490 e. The summed E-state index contributed by atoms with van der Waals surface area (Å²) in [7, 11) is 0. The van der Waals surface area contributed by atoms with Crippen molar-refractivity contribution in [2.45, 2.75) is 57.5 Å². The number of rotatable bonds is 7. The largest absolute Gasteiger partial charge is 0.490 e. The fourth-order valence-electron chi connectivity index (χ4n) is 4.63. The van der Waals surface area contributed by atoms with Gasteiger partial charge in [0.2, 0.25) is 17.8 Å². The molecule has 2 atom stereocenters. The second-order valence-electron chi connectivity index (χ2n) is 10.2. The van der Waals surface area contributed by atoms with Gasteiger partial charge in [-0.1, -0.05) is 37.6 Å². The molecule has 11 nitrogen and oxygen atoms in total. The van der Waals surface area contributed by atoms with Crippen LogP contribution in [0, 0.1) is 5.92 Å². The smallest absolute Gasteiger partial charge is 0.475 e. The molecule has 2 aromatic rings. The number of halogens is 4. The lowest BCUT2D eigenvalue weighted by Crippen LogP contribution is -2.60. The second kappa shape index (κ2) is 14.0. The molecule has 2 aliphatic rings. The monoisotopic (exact) mass is 589 g/mol. The van der Waals surface area contributed by atoms with E-state index in [0.717, 1.165) is 43.3 Å². The lowest BCUT2D eigenvalue weighted by Gasteiger charge is -2.46. The summed E-state index contributed by atoms with van der Waals surface area (Å²) in [5, 5.41) is 18.9. The predicted molar refractivity (Wildman–Crippen MR) is 143 cm³/mol. The van der Waals surface area contributed by atoms with Crippen LogP contribution in [-0.4, -0.2) is 94.2 Å². The minimum Gasteiger partial charge on any atom is -0.475 e. The van der Waals surface area contributed by atoms with E-state index in [-0.39, 0.29) is 11.9 Å². The third-order valence-corrected chi connectivity index (χ3v) is 6.92. The van der Waals surface area contributed by atoms with Crippen LogP contribution < -0.4 is 16.0 Å². The van der Waals surface area contributed by atoms with Gasteiger partial charge in [-0.15, -0.1) is 10.2 Å². The molecule has 0 bridgehead atoms. The molecule has 40 heavy (non-hydrogen) atoms. The molecule has 1 amide bonds. The van der Waals surface area contributed by atoms with Crippen LogP contribution in [0.1, 0.15) is 32.3 Å². The molecule has 1 aromatic carbocycles. The third-order valence-electron chi connectivity index (χ3n) is 6.66. The first-order chi connectivity index (χ1) is 18.8. The van der Waals surface area contributed by atoms with Crippen molar-refractivity contribution in [1.29, 1.82) is 0 Å². The quantitative estimate of drug-likeness (QED) is 0.382. The SMILES string of the molecule is CC(C)CNC(=O)[C@H]1CN(C2CCN(c3nnc(N)[nH]3)CC2)[C@@H](Cc2ccc(Cl)cc2)CO1.O=C(O)C(F)(F)F. The number of hydrogen-bond acceptors (Lipinski definition) is 8. The Morgan fingerprint density at radius 3 is 2.38 bits per heavy atom. The summed E-state index contributed by atoms with van der Waals surface area (Å²) < 4.78 is 37.8. The summed E-state index contributed by atoms with van der Waals surface area (Å²) in [6.45, 7) is 7.68. The van der Waals surface area contributed by atoms with Gasteiger partial charge in [-0.25, -0.2) is 4.79 Å². The zero-order valence-corrected chi connectivity index (χ0v) is 23.1. The van der Waals surface area contributed by atoms with Crippen LogP contribution in [0.2, 0.25) is 5.02 Å². The van der Waals surface area contributed by atoms with E-state index < -0.39 is 18.2 Å². The number of aromatic nitrogens is 3. The van der Waals surface area contributed by atoms with Crippen LogP contribution >= 0.6 is 11.6 Å². The fraction of sp³-hybridized carbons (Fsp3) is 0.600. The Labute approximate surface area is 235 Å². The van der Waals surface area contributed by atoms with E-state index >= 15 is 0 Å². The van der Waals surface area contributed by atoms with E-state index in [1.807, 2.05) is 12.1 Å². The molecule has 2 saturated heterocycles. The molecule has 2 aliphatic heterocycles. The average molecular weight is 590 g/mol. The van der Waals surface area contributed by atoms with Crippen molar-refractivity contribution in [2.24, 2.45) is 5.92 Å². The number of carbonyl (C=O) groups is 2. The number of aliphatic carboxylic acids is 1.